The maximum Gasteiger partial charge on any atom is 0.420 e. The van der Waals surface area contributed by atoms with E-state index in [-0.39, 0.29) is 29.7 Å². The third kappa shape index (κ3) is 5.44. The molecular formula is C25H30F4N4O2. The number of halogens is 4. The molecule has 0 bridgehead atoms. The first-order chi connectivity index (χ1) is 16.8. The summed E-state index contributed by atoms with van der Waals surface area (Å²) in [5.41, 5.74) is -0.915. The Bertz CT molecular complexity index is 1030. The van der Waals surface area contributed by atoms with Crippen LogP contribution in [0.15, 0.2) is 24.3 Å². The van der Waals surface area contributed by atoms with Gasteiger partial charge in [0.2, 0.25) is 0 Å². The fourth-order valence-electron chi connectivity index (χ4n) is 5.86. The van der Waals surface area contributed by atoms with Crippen molar-refractivity contribution in [3.63, 3.8) is 0 Å². The number of hydrogen-bond donors (Lipinski definition) is 2. The number of nitrogens with zero attached hydrogens (tertiary/aromatic N) is 3. The molecule has 35 heavy (non-hydrogen) atoms. The number of fused-ring (bicyclic) bond motifs is 1. The maximum atomic E-state index is 14.4. The van der Waals surface area contributed by atoms with Gasteiger partial charge in [-0.25, -0.2) is 4.39 Å². The lowest BCUT2D eigenvalue weighted by atomic mass is 10.00. The number of aromatic nitrogens is 2. The number of aliphatic hydroxyl groups is 1. The van der Waals surface area contributed by atoms with Crippen LogP contribution in [0.25, 0.3) is 11.3 Å². The van der Waals surface area contributed by atoms with Gasteiger partial charge in [-0.05, 0) is 67.2 Å². The van der Waals surface area contributed by atoms with E-state index in [2.05, 4.69) is 20.4 Å². The Labute approximate surface area is 201 Å². The van der Waals surface area contributed by atoms with Crippen molar-refractivity contribution in [1.82, 2.24) is 15.1 Å². The summed E-state index contributed by atoms with van der Waals surface area (Å²) < 4.78 is 61.5. The number of anilines is 1. The number of aliphatic hydroxyl groups excluding tert-OH is 1. The number of benzene rings is 1. The van der Waals surface area contributed by atoms with Crippen molar-refractivity contribution >= 4 is 5.82 Å². The second-order valence-electron chi connectivity index (χ2n) is 10.1. The molecule has 2 saturated heterocycles. The largest absolute Gasteiger partial charge is 0.420 e. The lowest BCUT2D eigenvalue weighted by Crippen LogP contribution is -2.32. The molecule has 0 spiro atoms. The molecule has 1 saturated carbocycles. The number of rotatable bonds is 6. The highest BCUT2D eigenvalue weighted by molar-refractivity contribution is 5.63. The monoisotopic (exact) mass is 494 g/mol. The Balaban J connectivity index is 1.26. The molecule has 6 nitrogen and oxygen atoms in total. The second kappa shape index (κ2) is 9.99. The van der Waals surface area contributed by atoms with Crippen LogP contribution in [0.4, 0.5) is 23.4 Å². The van der Waals surface area contributed by atoms with E-state index < -0.39 is 17.6 Å². The van der Waals surface area contributed by atoms with Crippen LogP contribution in [-0.4, -0.2) is 59.1 Å². The molecule has 10 heteroatoms. The molecule has 3 atom stereocenters. The first-order valence-electron chi connectivity index (χ1n) is 12.2. The number of hydrogen-bond acceptors (Lipinski definition) is 6. The van der Waals surface area contributed by atoms with Gasteiger partial charge >= 0.3 is 6.18 Å². The highest BCUT2D eigenvalue weighted by Crippen LogP contribution is 2.42. The topological polar surface area (TPSA) is 70.5 Å². The number of likely N-dealkylation sites (tertiary alicyclic amines) is 1. The van der Waals surface area contributed by atoms with E-state index in [4.69, 9.17) is 9.84 Å². The van der Waals surface area contributed by atoms with Gasteiger partial charge in [-0.3, -0.25) is 0 Å². The summed E-state index contributed by atoms with van der Waals surface area (Å²) in [6, 6.07) is 4.58. The molecule has 3 fully saturated rings. The minimum atomic E-state index is -4.66. The van der Waals surface area contributed by atoms with E-state index in [9.17, 15) is 17.6 Å². The molecule has 0 amide bonds. The molecule has 2 N–H and O–H groups in total. The highest BCUT2D eigenvalue weighted by Gasteiger charge is 2.43. The van der Waals surface area contributed by atoms with Gasteiger partial charge in [0.25, 0.3) is 0 Å². The predicted octanol–water partition coefficient (Wildman–Crippen LogP) is 4.34. The summed E-state index contributed by atoms with van der Waals surface area (Å²) in [4.78, 5) is 2.51. The molecule has 1 aromatic carbocycles. The molecule has 0 radical (unpaired) electrons. The van der Waals surface area contributed by atoms with Crippen LogP contribution in [0.1, 0.15) is 36.8 Å². The van der Waals surface area contributed by atoms with E-state index >= 15 is 0 Å². The van der Waals surface area contributed by atoms with Crippen LogP contribution in [0.3, 0.4) is 0 Å². The third-order valence-electron chi connectivity index (χ3n) is 7.62. The van der Waals surface area contributed by atoms with Gasteiger partial charge in [0, 0.05) is 44.5 Å². The minimum Gasteiger partial charge on any atom is -0.392 e. The summed E-state index contributed by atoms with van der Waals surface area (Å²) in [5.74, 6) is 0.539. The molecule has 190 valence electrons. The summed E-state index contributed by atoms with van der Waals surface area (Å²) in [6.07, 6.45) is -0.871. The van der Waals surface area contributed by atoms with Crippen molar-refractivity contribution in [2.45, 2.75) is 44.5 Å². The van der Waals surface area contributed by atoms with Crippen molar-refractivity contribution < 1.29 is 27.4 Å². The van der Waals surface area contributed by atoms with Gasteiger partial charge in [-0.15, -0.1) is 10.2 Å². The molecule has 2 aromatic rings. The quantitative estimate of drug-likeness (QED) is 0.583. The van der Waals surface area contributed by atoms with Gasteiger partial charge in [0.15, 0.2) is 5.82 Å². The highest BCUT2D eigenvalue weighted by atomic mass is 19.4. The van der Waals surface area contributed by atoms with Crippen molar-refractivity contribution in [3.8, 4) is 11.3 Å². The molecule has 3 aliphatic rings. The van der Waals surface area contributed by atoms with Gasteiger partial charge in [0.1, 0.15) is 11.4 Å². The van der Waals surface area contributed by atoms with E-state index in [0.29, 0.717) is 23.3 Å². The summed E-state index contributed by atoms with van der Waals surface area (Å²) >= 11 is 0. The average molecular weight is 495 g/mol. The first kappa shape index (κ1) is 24.4. The fourth-order valence-corrected chi connectivity index (χ4v) is 5.86. The minimum absolute atomic E-state index is 0.0910. The zero-order valence-electron chi connectivity index (χ0n) is 19.4. The van der Waals surface area contributed by atoms with E-state index in [1.54, 1.807) is 0 Å². The van der Waals surface area contributed by atoms with Gasteiger partial charge in [0.05, 0.1) is 12.3 Å². The molecule has 1 aromatic heterocycles. The molecule has 5 rings (SSSR count). The van der Waals surface area contributed by atoms with Crippen molar-refractivity contribution in [2.75, 3.05) is 38.2 Å². The molecule has 3 heterocycles. The standard InChI is InChI=1S/C25H30F4N4O2/c26-22-7-16(14-34)1-2-20(22)23-10-21(25(27,28)29)24(32-31-23)30-19-8-17-12-33(13-18(17)9-19)11-15-3-5-35-6-4-15/h1-2,7,10,15,17-19,34H,3-6,8-9,11-14H2,(H,30,32)/t17-,18+,19?. The van der Waals surface area contributed by atoms with Gasteiger partial charge < -0.3 is 20.1 Å². The summed E-state index contributed by atoms with van der Waals surface area (Å²) in [7, 11) is 0. The Morgan fingerprint density at radius 3 is 2.40 bits per heavy atom. The van der Waals surface area contributed by atoms with E-state index in [0.717, 1.165) is 70.7 Å². The Morgan fingerprint density at radius 2 is 1.77 bits per heavy atom. The van der Waals surface area contributed by atoms with Gasteiger partial charge in [-0.1, -0.05) is 6.07 Å². The lowest BCUT2D eigenvalue weighted by Gasteiger charge is -2.28. The van der Waals surface area contributed by atoms with Crippen LogP contribution in [0, 0.1) is 23.6 Å². The van der Waals surface area contributed by atoms with Crippen LogP contribution >= 0.6 is 0 Å². The fraction of sp³-hybridized carbons (Fsp3) is 0.600. The van der Waals surface area contributed by atoms with Gasteiger partial charge in [-0.2, -0.15) is 13.2 Å². The van der Waals surface area contributed by atoms with E-state index in [1.807, 2.05) is 0 Å². The second-order valence-corrected chi connectivity index (χ2v) is 10.1. The number of nitrogens with one attached hydrogen (secondary N) is 1. The smallest absolute Gasteiger partial charge is 0.392 e. The molecule has 1 unspecified atom stereocenters. The van der Waals surface area contributed by atoms with E-state index in [1.165, 1.54) is 12.1 Å². The predicted molar refractivity (Wildman–Crippen MR) is 122 cm³/mol. The molecule has 1 aliphatic carbocycles. The first-order valence-corrected chi connectivity index (χ1v) is 12.2. The molecule has 2 aliphatic heterocycles. The maximum absolute atomic E-state index is 14.4. The third-order valence-corrected chi connectivity index (χ3v) is 7.62. The van der Waals surface area contributed by atoms with Crippen LogP contribution in [0.5, 0.6) is 0 Å². The Morgan fingerprint density at radius 1 is 1.06 bits per heavy atom. The van der Waals surface area contributed by atoms with Crippen LogP contribution in [-0.2, 0) is 17.5 Å². The van der Waals surface area contributed by atoms with Crippen LogP contribution in [0.2, 0.25) is 0 Å². The van der Waals surface area contributed by atoms with Crippen LogP contribution < -0.4 is 5.32 Å². The lowest BCUT2D eigenvalue weighted by molar-refractivity contribution is -0.137. The number of ether oxygens (including phenoxy) is 1. The van der Waals surface area contributed by atoms with Crippen molar-refractivity contribution in [1.29, 1.82) is 0 Å². The zero-order valence-corrected chi connectivity index (χ0v) is 19.4. The summed E-state index contributed by atoms with van der Waals surface area (Å²) in [6.45, 7) is 4.35. The average Bonchev–Trinajstić information content (AvgIpc) is 3.37. The normalized spacial score (nSPS) is 25.7. The Kier molecular flexibility index (Phi) is 6.96. The summed E-state index contributed by atoms with van der Waals surface area (Å²) in [5, 5.41) is 19.9. The SMILES string of the molecule is OCc1ccc(-c2cc(C(F)(F)F)c(NC3C[C@@H]4CN(CC5CCOCC5)C[C@@H]4C3)nn2)c(F)c1. The number of alkyl halides is 3. The van der Waals surface area contributed by atoms with Crippen molar-refractivity contribution in [2.24, 2.45) is 17.8 Å². The zero-order chi connectivity index (χ0) is 24.6. The van der Waals surface area contributed by atoms with Crippen molar-refractivity contribution in [3.05, 3.63) is 41.2 Å². The Hall–Kier alpha value is -2.30. The molecular weight excluding hydrogens is 464 g/mol.